The summed E-state index contributed by atoms with van der Waals surface area (Å²) in [5, 5.41) is 7.63. The van der Waals surface area contributed by atoms with E-state index in [2.05, 4.69) is 20.1 Å². The lowest BCUT2D eigenvalue weighted by atomic mass is 10.0. The molecule has 260 valence electrons. The number of benzene rings is 2. The highest BCUT2D eigenvalue weighted by atomic mass is 32.2. The van der Waals surface area contributed by atoms with E-state index in [1.165, 1.54) is 4.90 Å². The Morgan fingerprint density at radius 2 is 1.79 bits per heavy atom. The molecule has 4 atom stereocenters. The van der Waals surface area contributed by atoms with Gasteiger partial charge in [-0.3, -0.25) is 14.4 Å². The number of nitrogens with zero attached hydrogens (tertiary/aromatic N) is 1. The van der Waals surface area contributed by atoms with E-state index >= 15 is 0 Å². The third kappa shape index (κ3) is 8.73. The van der Waals surface area contributed by atoms with Gasteiger partial charge in [-0.25, -0.2) is 9.52 Å². The molecule has 2 aromatic rings. The number of carbonyl (C=O) groups is 4. The molecule has 0 spiro atoms. The Bertz CT molecular complexity index is 1670. The summed E-state index contributed by atoms with van der Waals surface area (Å²) in [5.41, 5.74) is -1.24. The highest BCUT2D eigenvalue weighted by molar-refractivity contribution is 7.88. The van der Waals surface area contributed by atoms with Gasteiger partial charge in [-0.05, 0) is 82.1 Å². The Morgan fingerprint density at radius 1 is 1.02 bits per heavy atom. The van der Waals surface area contributed by atoms with Crippen LogP contribution in [0.15, 0.2) is 54.6 Å². The first kappa shape index (κ1) is 35.3. The summed E-state index contributed by atoms with van der Waals surface area (Å²) >= 11 is 0. The number of carbonyl (C=O) groups excluding carboxylic acids is 4. The number of alkyl carbamates (subject to hydrolysis) is 1. The minimum Gasteiger partial charge on any atom is -0.444 e. The van der Waals surface area contributed by atoms with Crippen LogP contribution in [0.3, 0.4) is 0 Å². The lowest BCUT2D eigenvalue weighted by Gasteiger charge is -2.30. The van der Waals surface area contributed by atoms with Crippen molar-refractivity contribution in [2.45, 2.75) is 102 Å². The molecule has 5 rings (SSSR count). The number of allylic oxidation sites excluding steroid dienone is 1. The Morgan fingerprint density at radius 3 is 2.58 bits per heavy atom. The molecule has 3 aliphatic rings. The lowest BCUT2D eigenvalue weighted by Crippen LogP contribution is -2.59. The zero-order chi connectivity index (χ0) is 34.5. The van der Waals surface area contributed by atoms with E-state index in [0.29, 0.717) is 45.1 Å². The van der Waals surface area contributed by atoms with Crippen LogP contribution in [0.4, 0.5) is 4.79 Å². The van der Waals surface area contributed by atoms with E-state index in [0.717, 1.165) is 29.2 Å². The average Bonchev–Trinajstić information content (AvgIpc) is 3.48. The summed E-state index contributed by atoms with van der Waals surface area (Å²) in [5.74, 6) is -2.13. The summed E-state index contributed by atoms with van der Waals surface area (Å²) in [6, 6.07) is 12.0. The molecule has 0 unspecified atom stereocenters. The minimum absolute atomic E-state index is 0.0664. The first-order valence-corrected chi connectivity index (χ1v) is 18.3. The Hall–Kier alpha value is -3.97. The lowest BCUT2D eigenvalue weighted by molar-refractivity contribution is -0.141. The zero-order valence-electron chi connectivity index (χ0n) is 27.9. The summed E-state index contributed by atoms with van der Waals surface area (Å²) in [6.45, 7) is 5.61. The molecule has 0 aromatic heterocycles. The molecule has 2 fully saturated rings. The molecular formula is C35H47N5O7S. The SMILES string of the molecule is CC(C)(C)OC(=O)N[C@H]1CCCCC/C=C\[C@H]2C[C@@]2(C(=O)NS(=O)(=O)NCCc2cccc3ccccc23)NC(=O)[C@@H]2CCCN2C1=O. The van der Waals surface area contributed by atoms with Gasteiger partial charge in [-0.1, -0.05) is 67.5 Å². The van der Waals surface area contributed by atoms with Gasteiger partial charge < -0.3 is 20.3 Å². The molecule has 2 heterocycles. The topological polar surface area (TPSA) is 163 Å². The number of hydrogen-bond acceptors (Lipinski definition) is 7. The number of nitrogens with one attached hydrogen (secondary N) is 4. The van der Waals surface area contributed by atoms with Crippen LogP contribution in [0.1, 0.15) is 77.7 Å². The molecule has 4 amide bonds. The van der Waals surface area contributed by atoms with Gasteiger partial charge in [0.25, 0.3) is 5.91 Å². The average molecular weight is 682 g/mol. The van der Waals surface area contributed by atoms with Crippen molar-refractivity contribution in [3.8, 4) is 0 Å². The van der Waals surface area contributed by atoms with Crippen LogP contribution < -0.4 is 20.1 Å². The molecular weight excluding hydrogens is 634 g/mol. The van der Waals surface area contributed by atoms with Gasteiger partial charge in [0.05, 0.1) is 0 Å². The van der Waals surface area contributed by atoms with Crippen molar-refractivity contribution in [1.29, 1.82) is 0 Å². The number of rotatable bonds is 7. The predicted molar refractivity (Wildman–Crippen MR) is 182 cm³/mol. The van der Waals surface area contributed by atoms with Crippen LogP contribution in [0, 0.1) is 5.92 Å². The normalized spacial score (nSPS) is 25.9. The van der Waals surface area contributed by atoms with Gasteiger partial charge in [0.2, 0.25) is 11.8 Å². The molecule has 4 N–H and O–H groups in total. The number of ether oxygens (including phenoxy) is 1. The largest absolute Gasteiger partial charge is 0.444 e. The molecule has 0 bridgehead atoms. The fourth-order valence-electron chi connectivity index (χ4n) is 6.62. The van der Waals surface area contributed by atoms with E-state index in [4.69, 9.17) is 4.74 Å². The Kier molecular flexibility index (Phi) is 10.8. The third-order valence-electron chi connectivity index (χ3n) is 9.12. The monoisotopic (exact) mass is 681 g/mol. The number of amides is 4. The summed E-state index contributed by atoms with van der Waals surface area (Å²) in [6.07, 6.45) is 8.13. The highest BCUT2D eigenvalue weighted by Crippen LogP contribution is 2.45. The fraction of sp³-hybridized carbons (Fsp3) is 0.543. The smallest absolute Gasteiger partial charge is 0.408 e. The van der Waals surface area contributed by atoms with Crippen LogP contribution >= 0.6 is 0 Å². The van der Waals surface area contributed by atoms with Crippen LogP contribution in [-0.2, 0) is 35.8 Å². The quantitative estimate of drug-likeness (QED) is 0.325. The van der Waals surface area contributed by atoms with Gasteiger partial charge in [-0.15, -0.1) is 0 Å². The molecule has 12 nitrogen and oxygen atoms in total. The van der Waals surface area contributed by atoms with Gasteiger partial charge in [0.15, 0.2) is 0 Å². The van der Waals surface area contributed by atoms with Crippen molar-refractivity contribution >= 4 is 44.8 Å². The van der Waals surface area contributed by atoms with Gasteiger partial charge in [0, 0.05) is 19.0 Å². The molecule has 2 aromatic carbocycles. The van der Waals surface area contributed by atoms with Crippen molar-refractivity contribution in [3.63, 3.8) is 0 Å². The van der Waals surface area contributed by atoms with Crippen LogP contribution in [-0.4, -0.2) is 73.4 Å². The second-order valence-corrected chi connectivity index (χ2v) is 15.4. The van der Waals surface area contributed by atoms with Gasteiger partial charge in [-0.2, -0.15) is 13.1 Å². The second kappa shape index (κ2) is 14.7. The maximum atomic E-state index is 13.8. The minimum atomic E-state index is -4.25. The highest BCUT2D eigenvalue weighted by Gasteiger charge is 2.61. The molecule has 2 aliphatic heterocycles. The number of fused-ring (bicyclic) bond motifs is 3. The van der Waals surface area contributed by atoms with Crippen molar-refractivity contribution < 1.29 is 32.3 Å². The predicted octanol–water partition coefficient (Wildman–Crippen LogP) is 3.61. The molecule has 48 heavy (non-hydrogen) atoms. The first-order chi connectivity index (χ1) is 22.8. The van der Waals surface area contributed by atoms with Gasteiger partial charge in [0.1, 0.15) is 23.2 Å². The van der Waals surface area contributed by atoms with Crippen molar-refractivity contribution in [2.24, 2.45) is 5.92 Å². The Labute approximate surface area is 282 Å². The van der Waals surface area contributed by atoms with E-state index in [1.54, 1.807) is 20.8 Å². The fourth-order valence-corrected chi connectivity index (χ4v) is 7.49. The van der Waals surface area contributed by atoms with Gasteiger partial charge >= 0.3 is 16.3 Å². The zero-order valence-corrected chi connectivity index (χ0v) is 28.7. The summed E-state index contributed by atoms with van der Waals surface area (Å²) in [7, 11) is -4.25. The molecule has 1 saturated carbocycles. The number of hydrogen-bond donors (Lipinski definition) is 4. The standard InChI is InChI=1S/C35H47N5O7S/c1-34(2,3)47-33(44)37-28-18-8-6-4-5-7-16-26-23-35(26,38-30(41)29-19-12-22-40(29)31(28)42)32(43)39-48(45,46)36-21-20-25-15-11-14-24-13-9-10-17-27(24)25/h7,9-11,13-17,26,28-29,36H,4-6,8,12,18-23H2,1-3H3,(H,37,44)(H,38,41)(H,39,43)/b16-7-/t26-,28-,29-,35+/m0/s1. The molecule has 1 saturated heterocycles. The Balaban J connectivity index is 1.28. The summed E-state index contributed by atoms with van der Waals surface area (Å²) < 4.78 is 36.1. The van der Waals surface area contributed by atoms with Crippen LogP contribution in [0.5, 0.6) is 0 Å². The van der Waals surface area contributed by atoms with E-state index in [-0.39, 0.29) is 18.9 Å². The van der Waals surface area contributed by atoms with Crippen LogP contribution in [0.2, 0.25) is 0 Å². The van der Waals surface area contributed by atoms with Crippen LogP contribution in [0.25, 0.3) is 10.8 Å². The van der Waals surface area contributed by atoms with E-state index in [9.17, 15) is 27.6 Å². The molecule has 1 aliphatic carbocycles. The molecule has 0 radical (unpaired) electrons. The maximum Gasteiger partial charge on any atom is 0.408 e. The van der Waals surface area contributed by atoms with Crippen molar-refractivity contribution in [1.82, 2.24) is 25.0 Å². The van der Waals surface area contributed by atoms with Crippen molar-refractivity contribution in [3.05, 3.63) is 60.2 Å². The first-order valence-electron chi connectivity index (χ1n) is 16.9. The van der Waals surface area contributed by atoms with E-state index in [1.807, 2.05) is 54.6 Å². The van der Waals surface area contributed by atoms with Crippen molar-refractivity contribution in [2.75, 3.05) is 13.1 Å². The maximum absolute atomic E-state index is 13.8. The summed E-state index contributed by atoms with van der Waals surface area (Å²) in [4.78, 5) is 55.3. The molecule has 13 heteroatoms. The second-order valence-electron chi connectivity index (χ2n) is 13.9. The van der Waals surface area contributed by atoms with E-state index < -0.39 is 57.3 Å². The third-order valence-corrected chi connectivity index (χ3v) is 10.2.